The highest BCUT2D eigenvalue weighted by Gasteiger charge is 2.07. The first kappa shape index (κ1) is 11.9. The van der Waals surface area contributed by atoms with Gasteiger partial charge in [0.2, 0.25) is 12.3 Å². The van der Waals surface area contributed by atoms with Crippen LogP contribution >= 0.6 is 11.3 Å². The minimum absolute atomic E-state index is 0.238. The predicted octanol–water partition coefficient (Wildman–Crippen LogP) is 3.37. The molecular weight excluding hydrogens is 260 g/mol. The lowest BCUT2D eigenvalue weighted by molar-refractivity contribution is 0.568. The Hall–Kier alpha value is -2.21. The third-order valence-corrected chi connectivity index (χ3v) is 3.71. The SMILES string of the molecule is CC(Nc1ccc(-c2nnco2)cc1)c1cncs1. The van der Waals surface area contributed by atoms with Gasteiger partial charge in [-0.25, -0.2) is 0 Å². The molecule has 0 aliphatic carbocycles. The Kier molecular flexibility index (Phi) is 3.24. The van der Waals surface area contributed by atoms with Crippen molar-refractivity contribution in [2.75, 3.05) is 5.32 Å². The molecule has 1 N–H and O–H groups in total. The number of rotatable bonds is 4. The molecule has 0 aliphatic heterocycles. The molecular formula is C13H12N4OS. The highest BCUT2D eigenvalue weighted by molar-refractivity contribution is 7.09. The van der Waals surface area contributed by atoms with E-state index in [1.54, 1.807) is 11.3 Å². The zero-order chi connectivity index (χ0) is 13.1. The van der Waals surface area contributed by atoms with Crippen LogP contribution in [0.3, 0.4) is 0 Å². The van der Waals surface area contributed by atoms with Gasteiger partial charge in [0, 0.05) is 22.3 Å². The molecule has 96 valence electrons. The Balaban J connectivity index is 1.73. The number of thiazole rings is 1. The Morgan fingerprint density at radius 2 is 2.11 bits per heavy atom. The number of hydrogen-bond acceptors (Lipinski definition) is 6. The van der Waals surface area contributed by atoms with Crippen molar-refractivity contribution < 1.29 is 4.42 Å². The number of nitrogens with one attached hydrogen (secondary N) is 1. The number of aromatic nitrogens is 3. The van der Waals surface area contributed by atoms with E-state index >= 15 is 0 Å². The molecule has 1 aromatic carbocycles. The molecule has 0 radical (unpaired) electrons. The number of nitrogens with zero attached hydrogens (tertiary/aromatic N) is 3. The maximum Gasteiger partial charge on any atom is 0.247 e. The molecule has 1 atom stereocenters. The molecule has 0 aliphatic rings. The standard InChI is InChI=1S/C13H12N4OS/c1-9(12-6-14-8-19-12)16-11-4-2-10(3-5-11)13-17-15-7-18-13/h2-9,16H,1H3. The van der Waals surface area contributed by atoms with Crippen LogP contribution in [-0.2, 0) is 0 Å². The van der Waals surface area contributed by atoms with Crippen molar-refractivity contribution in [2.24, 2.45) is 0 Å². The van der Waals surface area contributed by atoms with Gasteiger partial charge in [-0.3, -0.25) is 4.98 Å². The molecule has 2 heterocycles. The third-order valence-electron chi connectivity index (χ3n) is 2.75. The van der Waals surface area contributed by atoms with E-state index in [1.165, 1.54) is 11.3 Å². The Morgan fingerprint density at radius 3 is 2.74 bits per heavy atom. The monoisotopic (exact) mass is 272 g/mol. The van der Waals surface area contributed by atoms with E-state index in [4.69, 9.17) is 4.42 Å². The maximum absolute atomic E-state index is 5.15. The zero-order valence-electron chi connectivity index (χ0n) is 10.3. The summed E-state index contributed by atoms with van der Waals surface area (Å²) in [5.74, 6) is 0.530. The lowest BCUT2D eigenvalue weighted by atomic mass is 10.2. The number of anilines is 1. The summed E-state index contributed by atoms with van der Waals surface area (Å²) < 4.78 is 5.15. The average Bonchev–Trinajstić information content (AvgIpc) is 3.13. The fraction of sp³-hybridized carbons (Fsp3) is 0.154. The van der Waals surface area contributed by atoms with Crippen molar-refractivity contribution >= 4 is 17.0 Å². The Labute approximate surface area is 114 Å². The summed E-state index contributed by atoms with van der Waals surface area (Å²) in [5, 5.41) is 11.0. The van der Waals surface area contributed by atoms with Crippen molar-refractivity contribution in [3.8, 4) is 11.5 Å². The van der Waals surface area contributed by atoms with Gasteiger partial charge in [0.1, 0.15) is 0 Å². The van der Waals surface area contributed by atoms with Crippen LogP contribution in [0, 0.1) is 0 Å². The molecule has 6 heteroatoms. The zero-order valence-corrected chi connectivity index (χ0v) is 11.1. The van der Waals surface area contributed by atoms with E-state index in [1.807, 2.05) is 36.0 Å². The second-order valence-corrected chi connectivity index (χ2v) is 5.01. The molecule has 19 heavy (non-hydrogen) atoms. The van der Waals surface area contributed by atoms with Gasteiger partial charge in [-0.1, -0.05) is 0 Å². The molecule has 0 saturated heterocycles. The van der Waals surface area contributed by atoms with Crippen molar-refractivity contribution in [3.63, 3.8) is 0 Å². The van der Waals surface area contributed by atoms with Gasteiger partial charge < -0.3 is 9.73 Å². The van der Waals surface area contributed by atoms with Crippen LogP contribution in [0.25, 0.3) is 11.5 Å². The fourth-order valence-corrected chi connectivity index (χ4v) is 2.40. The van der Waals surface area contributed by atoms with Crippen LogP contribution in [0.4, 0.5) is 5.69 Å². The van der Waals surface area contributed by atoms with Crippen LogP contribution in [0.2, 0.25) is 0 Å². The van der Waals surface area contributed by atoms with E-state index < -0.39 is 0 Å². The summed E-state index contributed by atoms with van der Waals surface area (Å²) in [6, 6.07) is 8.14. The quantitative estimate of drug-likeness (QED) is 0.789. The van der Waals surface area contributed by atoms with Gasteiger partial charge >= 0.3 is 0 Å². The highest BCUT2D eigenvalue weighted by atomic mass is 32.1. The summed E-state index contributed by atoms with van der Waals surface area (Å²) in [6.45, 7) is 2.11. The van der Waals surface area contributed by atoms with E-state index in [-0.39, 0.29) is 6.04 Å². The Bertz CT molecular complexity index is 619. The van der Waals surface area contributed by atoms with Gasteiger partial charge in [-0.15, -0.1) is 21.5 Å². The van der Waals surface area contributed by atoms with E-state index in [2.05, 4.69) is 27.4 Å². The van der Waals surface area contributed by atoms with Crippen molar-refractivity contribution in [3.05, 3.63) is 47.2 Å². The Morgan fingerprint density at radius 1 is 1.26 bits per heavy atom. The van der Waals surface area contributed by atoms with Crippen LogP contribution in [0.5, 0.6) is 0 Å². The van der Waals surface area contributed by atoms with Gasteiger partial charge in [0.25, 0.3) is 0 Å². The average molecular weight is 272 g/mol. The molecule has 3 rings (SSSR count). The summed E-state index contributed by atoms with van der Waals surface area (Å²) in [7, 11) is 0. The van der Waals surface area contributed by atoms with Gasteiger partial charge in [-0.2, -0.15) is 0 Å². The van der Waals surface area contributed by atoms with Gasteiger partial charge in [-0.05, 0) is 31.2 Å². The molecule has 5 nitrogen and oxygen atoms in total. The number of hydrogen-bond donors (Lipinski definition) is 1. The fourth-order valence-electron chi connectivity index (χ4n) is 1.77. The lowest BCUT2D eigenvalue weighted by Crippen LogP contribution is -2.04. The van der Waals surface area contributed by atoms with Crippen LogP contribution in [0.1, 0.15) is 17.8 Å². The first-order valence-corrected chi connectivity index (χ1v) is 6.72. The first-order valence-electron chi connectivity index (χ1n) is 5.84. The topological polar surface area (TPSA) is 63.8 Å². The minimum atomic E-state index is 0.238. The first-order chi connectivity index (χ1) is 9.33. The van der Waals surface area contributed by atoms with Gasteiger partial charge in [0.15, 0.2) is 0 Å². The molecule has 1 unspecified atom stereocenters. The van der Waals surface area contributed by atoms with Crippen LogP contribution in [0.15, 0.2) is 46.8 Å². The molecule has 0 saturated carbocycles. The summed E-state index contributed by atoms with van der Waals surface area (Å²) in [6.07, 6.45) is 3.21. The molecule has 0 fully saturated rings. The molecule has 0 spiro atoms. The smallest absolute Gasteiger partial charge is 0.247 e. The molecule has 3 aromatic rings. The lowest BCUT2D eigenvalue weighted by Gasteiger charge is -2.13. The van der Waals surface area contributed by atoms with E-state index in [0.717, 1.165) is 11.3 Å². The second-order valence-electron chi connectivity index (χ2n) is 4.09. The highest BCUT2D eigenvalue weighted by Crippen LogP contribution is 2.24. The molecule has 0 amide bonds. The molecule has 2 aromatic heterocycles. The molecule has 0 bridgehead atoms. The summed E-state index contributed by atoms with van der Waals surface area (Å²) >= 11 is 1.64. The second kappa shape index (κ2) is 5.19. The minimum Gasteiger partial charge on any atom is -0.423 e. The normalized spacial score (nSPS) is 12.3. The third kappa shape index (κ3) is 2.63. The number of benzene rings is 1. The van der Waals surface area contributed by atoms with Crippen LogP contribution in [-0.4, -0.2) is 15.2 Å². The maximum atomic E-state index is 5.15. The summed E-state index contributed by atoms with van der Waals surface area (Å²) in [4.78, 5) is 5.29. The van der Waals surface area contributed by atoms with Crippen LogP contribution < -0.4 is 5.32 Å². The largest absolute Gasteiger partial charge is 0.423 e. The van der Waals surface area contributed by atoms with Crippen molar-refractivity contribution in [1.82, 2.24) is 15.2 Å². The predicted molar refractivity (Wildman–Crippen MR) is 73.9 cm³/mol. The van der Waals surface area contributed by atoms with E-state index in [9.17, 15) is 0 Å². The van der Waals surface area contributed by atoms with Crippen molar-refractivity contribution in [1.29, 1.82) is 0 Å². The summed E-state index contributed by atoms with van der Waals surface area (Å²) in [5.41, 5.74) is 3.80. The van der Waals surface area contributed by atoms with Gasteiger partial charge in [0.05, 0.1) is 11.6 Å². The van der Waals surface area contributed by atoms with Crippen molar-refractivity contribution in [2.45, 2.75) is 13.0 Å². The van der Waals surface area contributed by atoms with E-state index in [0.29, 0.717) is 5.89 Å².